The monoisotopic (exact) mass is 328 g/mol. The van der Waals surface area contributed by atoms with Crippen molar-refractivity contribution >= 4 is 23.7 Å². The van der Waals surface area contributed by atoms with Crippen molar-refractivity contribution in [3.05, 3.63) is 34.3 Å². The highest BCUT2D eigenvalue weighted by atomic mass is 35.5. The maximum Gasteiger partial charge on any atom is 0.408 e. The number of esters is 1. The molecule has 6 nitrogen and oxygen atoms in total. The zero-order valence-electron chi connectivity index (χ0n) is 13.1. The number of methoxy groups -OCH3 is 1. The third-order valence-electron chi connectivity index (χ3n) is 2.73. The molecule has 0 saturated heterocycles. The lowest BCUT2D eigenvalue weighted by atomic mass is 10.0. The second kappa shape index (κ2) is 7.47. The smallest absolute Gasteiger partial charge is 0.408 e. The van der Waals surface area contributed by atoms with Gasteiger partial charge in [-0.2, -0.15) is 0 Å². The van der Waals surface area contributed by atoms with Crippen molar-refractivity contribution in [1.82, 2.24) is 5.32 Å². The van der Waals surface area contributed by atoms with Gasteiger partial charge in [-0.15, -0.1) is 0 Å². The number of amides is 1. The molecule has 0 saturated carbocycles. The summed E-state index contributed by atoms with van der Waals surface area (Å²) in [6, 6.07) is 4.29. The summed E-state index contributed by atoms with van der Waals surface area (Å²) in [5.41, 5.74) is 6.01. The third-order valence-corrected chi connectivity index (χ3v) is 3.04. The van der Waals surface area contributed by atoms with E-state index in [1.165, 1.54) is 13.2 Å². The number of alkyl carbamates (subject to hydrolysis) is 1. The second-order valence-electron chi connectivity index (χ2n) is 5.67. The van der Waals surface area contributed by atoms with Gasteiger partial charge in [-0.05, 0) is 38.5 Å². The Morgan fingerprint density at radius 2 is 2.00 bits per heavy atom. The number of nitrogens with two attached hydrogens (primary N) is 1. The van der Waals surface area contributed by atoms with Crippen LogP contribution in [0.2, 0.25) is 5.02 Å². The molecule has 7 heteroatoms. The molecular weight excluding hydrogens is 308 g/mol. The van der Waals surface area contributed by atoms with Gasteiger partial charge < -0.3 is 20.5 Å². The molecule has 0 radical (unpaired) electrons. The van der Waals surface area contributed by atoms with Crippen LogP contribution in [-0.4, -0.2) is 31.3 Å². The van der Waals surface area contributed by atoms with Gasteiger partial charge in [0, 0.05) is 6.54 Å². The number of ether oxygens (including phenoxy) is 2. The molecule has 1 aromatic carbocycles. The van der Waals surface area contributed by atoms with Crippen LogP contribution in [0.25, 0.3) is 0 Å². The van der Waals surface area contributed by atoms with Gasteiger partial charge in [0.25, 0.3) is 0 Å². The number of halogens is 1. The number of carbonyl (C=O) groups is 2. The molecule has 122 valence electrons. The molecule has 0 fully saturated rings. The van der Waals surface area contributed by atoms with Crippen LogP contribution < -0.4 is 11.1 Å². The van der Waals surface area contributed by atoms with Crippen molar-refractivity contribution in [1.29, 1.82) is 0 Å². The Kier molecular flexibility index (Phi) is 6.20. The topological polar surface area (TPSA) is 90.6 Å². The van der Waals surface area contributed by atoms with E-state index in [0.717, 1.165) is 0 Å². The maximum absolute atomic E-state index is 11.8. The minimum Gasteiger partial charge on any atom is -0.465 e. The van der Waals surface area contributed by atoms with Gasteiger partial charge in [0.1, 0.15) is 5.60 Å². The van der Waals surface area contributed by atoms with Crippen LogP contribution in [0.4, 0.5) is 4.79 Å². The summed E-state index contributed by atoms with van der Waals surface area (Å²) in [6.45, 7) is 5.47. The summed E-state index contributed by atoms with van der Waals surface area (Å²) in [5, 5.41) is 2.90. The number of hydrogen-bond donors (Lipinski definition) is 2. The van der Waals surface area contributed by atoms with Crippen molar-refractivity contribution in [3.63, 3.8) is 0 Å². The first-order chi connectivity index (χ1) is 10.2. The lowest BCUT2D eigenvalue weighted by Gasteiger charge is -2.23. The lowest BCUT2D eigenvalue weighted by molar-refractivity contribution is 0.0503. The van der Waals surface area contributed by atoms with Crippen LogP contribution in [0.15, 0.2) is 18.2 Å². The van der Waals surface area contributed by atoms with Crippen molar-refractivity contribution in [3.8, 4) is 0 Å². The van der Waals surface area contributed by atoms with Gasteiger partial charge in [-0.25, -0.2) is 9.59 Å². The zero-order valence-corrected chi connectivity index (χ0v) is 13.9. The fourth-order valence-electron chi connectivity index (χ4n) is 1.75. The molecule has 0 bridgehead atoms. The van der Waals surface area contributed by atoms with Gasteiger partial charge in [-0.1, -0.05) is 17.7 Å². The average molecular weight is 329 g/mol. The highest BCUT2D eigenvalue weighted by Crippen LogP contribution is 2.23. The molecule has 1 atom stereocenters. The average Bonchev–Trinajstić information content (AvgIpc) is 2.41. The summed E-state index contributed by atoms with van der Waals surface area (Å²) < 4.78 is 9.81. The minimum atomic E-state index is -0.602. The molecule has 0 aliphatic rings. The zero-order chi connectivity index (χ0) is 16.9. The van der Waals surface area contributed by atoms with Crippen LogP contribution in [0, 0.1) is 0 Å². The van der Waals surface area contributed by atoms with Gasteiger partial charge in [0.05, 0.1) is 23.7 Å². The highest BCUT2D eigenvalue weighted by molar-refractivity contribution is 6.33. The number of benzene rings is 1. The maximum atomic E-state index is 11.8. The van der Waals surface area contributed by atoms with Crippen molar-refractivity contribution in [2.45, 2.75) is 32.4 Å². The normalized spacial score (nSPS) is 12.5. The molecule has 1 rings (SSSR count). The lowest BCUT2D eigenvalue weighted by Crippen LogP contribution is -2.37. The van der Waals surface area contributed by atoms with E-state index < -0.39 is 23.7 Å². The Bertz CT molecular complexity index is 555. The fourth-order valence-corrected chi connectivity index (χ4v) is 2.02. The first kappa shape index (κ1) is 18.3. The highest BCUT2D eigenvalue weighted by Gasteiger charge is 2.21. The van der Waals surface area contributed by atoms with E-state index in [1.54, 1.807) is 32.9 Å². The van der Waals surface area contributed by atoms with E-state index in [9.17, 15) is 9.59 Å². The van der Waals surface area contributed by atoms with E-state index in [4.69, 9.17) is 22.1 Å². The summed E-state index contributed by atoms with van der Waals surface area (Å²) in [6.07, 6.45) is -0.573. The summed E-state index contributed by atoms with van der Waals surface area (Å²) in [7, 11) is 1.28. The van der Waals surface area contributed by atoms with Gasteiger partial charge in [-0.3, -0.25) is 0 Å². The number of nitrogens with one attached hydrogen (secondary N) is 1. The second-order valence-corrected chi connectivity index (χ2v) is 6.07. The Balaban J connectivity index is 2.90. The van der Waals surface area contributed by atoms with Gasteiger partial charge in [0.15, 0.2) is 0 Å². The van der Waals surface area contributed by atoms with Gasteiger partial charge in [0.2, 0.25) is 0 Å². The van der Waals surface area contributed by atoms with Gasteiger partial charge >= 0.3 is 12.1 Å². The molecule has 0 aliphatic carbocycles. The van der Waals surface area contributed by atoms with E-state index in [-0.39, 0.29) is 17.1 Å². The fraction of sp³-hybridized carbons (Fsp3) is 0.467. The van der Waals surface area contributed by atoms with Crippen LogP contribution in [0.3, 0.4) is 0 Å². The molecule has 0 heterocycles. The predicted octanol–water partition coefficient (Wildman–Crippen LogP) is 2.65. The molecular formula is C15H21ClN2O4. The predicted molar refractivity (Wildman–Crippen MR) is 84.0 cm³/mol. The quantitative estimate of drug-likeness (QED) is 0.829. The summed E-state index contributed by atoms with van der Waals surface area (Å²) in [5.74, 6) is -0.527. The third kappa shape index (κ3) is 5.20. The number of carbonyl (C=O) groups excluding carboxylic acids is 2. The first-order valence-corrected chi connectivity index (χ1v) is 7.13. The van der Waals surface area contributed by atoms with Crippen LogP contribution in [0.1, 0.15) is 42.7 Å². The molecule has 0 spiro atoms. The molecule has 0 aromatic heterocycles. The first-order valence-electron chi connectivity index (χ1n) is 6.75. The Labute approximate surface area is 134 Å². The SMILES string of the molecule is COC(=O)c1ccc(C(CN)NC(=O)OC(C)(C)C)cc1Cl. The molecule has 1 unspecified atom stereocenters. The van der Waals surface area contributed by atoms with E-state index in [2.05, 4.69) is 10.1 Å². The van der Waals surface area contributed by atoms with E-state index >= 15 is 0 Å². The molecule has 0 aliphatic heterocycles. The largest absolute Gasteiger partial charge is 0.465 e. The molecule has 1 aromatic rings. The minimum absolute atomic E-state index is 0.160. The Morgan fingerprint density at radius 3 is 2.45 bits per heavy atom. The summed E-state index contributed by atoms with van der Waals surface area (Å²) in [4.78, 5) is 23.3. The standard InChI is InChI=1S/C15H21ClN2O4/c1-15(2,3)22-14(20)18-12(8-17)9-5-6-10(11(16)7-9)13(19)21-4/h5-7,12H,8,17H2,1-4H3,(H,18,20). The number of rotatable bonds is 4. The van der Waals surface area contributed by atoms with Crippen LogP contribution in [-0.2, 0) is 9.47 Å². The Morgan fingerprint density at radius 1 is 1.36 bits per heavy atom. The van der Waals surface area contributed by atoms with Crippen molar-refractivity contribution in [2.75, 3.05) is 13.7 Å². The van der Waals surface area contributed by atoms with Crippen LogP contribution in [0.5, 0.6) is 0 Å². The molecule has 3 N–H and O–H groups in total. The van der Waals surface area contributed by atoms with Crippen molar-refractivity contribution in [2.24, 2.45) is 5.73 Å². The summed E-state index contributed by atoms with van der Waals surface area (Å²) >= 11 is 6.06. The van der Waals surface area contributed by atoms with E-state index in [1.807, 2.05) is 0 Å². The molecule has 1 amide bonds. The van der Waals surface area contributed by atoms with Crippen LogP contribution >= 0.6 is 11.6 Å². The van der Waals surface area contributed by atoms with E-state index in [0.29, 0.717) is 5.56 Å². The Hall–Kier alpha value is -1.79. The van der Waals surface area contributed by atoms with Crippen molar-refractivity contribution < 1.29 is 19.1 Å². The molecule has 22 heavy (non-hydrogen) atoms. The number of hydrogen-bond acceptors (Lipinski definition) is 5.